The quantitative estimate of drug-likeness (QED) is 0.840. The molecule has 2 aromatic rings. The summed E-state index contributed by atoms with van der Waals surface area (Å²) in [4.78, 5) is 26.3. The van der Waals surface area contributed by atoms with Crippen LogP contribution < -0.4 is 5.76 Å². The lowest BCUT2D eigenvalue weighted by atomic mass is 10.2. The molecule has 0 aliphatic carbocycles. The highest BCUT2D eigenvalue weighted by molar-refractivity contribution is 6.27. The Morgan fingerprint density at radius 3 is 3.00 bits per heavy atom. The molecule has 1 aromatic heterocycles. The molecule has 0 atom stereocenters. The van der Waals surface area contributed by atoms with Crippen molar-refractivity contribution in [2.24, 2.45) is 0 Å². The van der Waals surface area contributed by atoms with Gasteiger partial charge in [0.15, 0.2) is 5.58 Å². The van der Waals surface area contributed by atoms with E-state index >= 15 is 0 Å². The average molecular weight is 255 g/mol. The van der Waals surface area contributed by atoms with Gasteiger partial charge < -0.3 is 9.32 Å². The lowest BCUT2D eigenvalue weighted by Crippen LogP contribution is -2.26. The number of hydrogen-bond donors (Lipinski definition) is 1. The average Bonchev–Trinajstić information content (AvgIpc) is 2.67. The molecule has 0 unspecified atom stereocenters. The number of nitrogens with zero attached hydrogens (tertiary/aromatic N) is 1. The van der Waals surface area contributed by atoms with Crippen molar-refractivity contribution in [3.63, 3.8) is 0 Å². The van der Waals surface area contributed by atoms with Crippen LogP contribution in [0, 0.1) is 0 Å². The maximum absolute atomic E-state index is 11.3. The number of benzene rings is 1. The summed E-state index contributed by atoms with van der Waals surface area (Å²) in [5, 5.41) is 0. The highest BCUT2D eigenvalue weighted by Crippen LogP contribution is 2.13. The summed E-state index contributed by atoms with van der Waals surface area (Å²) in [6.45, 7) is 0.427. The summed E-state index contributed by atoms with van der Waals surface area (Å²) in [5.41, 5.74) is 2.01. The molecule has 0 fully saturated rings. The van der Waals surface area contributed by atoms with Gasteiger partial charge in [0.25, 0.3) is 0 Å². The second kappa shape index (κ2) is 4.63. The predicted molar refractivity (Wildman–Crippen MR) is 64.0 cm³/mol. The van der Waals surface area contributed by atoms with Crippen LogP contribution in [0.3, 0.4) is 0 Å². The van der Waals surface area contributed by atoms with E-state index in [1.54, 1.807) is 19.2 Å². The van der Waals surface area contributed by atoms with Gasteiger partial charge in [-0.05, 0) is 17.7 Å². The topological polar surface area (TPSA) is 66.3 Å². The molecule has 17 heavy (non-hydrogen) atoms. The normalized spacial score (nSPS) is 10.7. The zero-order valence-corrected chi connectivity index (χ0v) is 9.95. The van der Waals surface area contributed by atoms with Crippen molar-refractivity contribution in [1.82, 2.24) is 9.88 Å². The molecule has 5 nitrogen and oxygen atoms in total. The number of fused-ring (bicyclic) bond motifs is 1. The fourth-order valence-corrected chi connectivity index (χ4v) is 1.76. The number of H-pyrrole nitrogens is 1. The number of hydrogen-bond acceptors (Lipinski definition) is 3. The van der Waals surface area contributed by atoms with Crippen molar-refractivity contribution in [3.05, 3.63) is 34.3 Å². The van der Waals surface area contributed by atoms with Crippen LogP contribution in [0.25, 0.3) is 11.1 Å². The van der Waals surface area contributed by atoms with E-state index in [0.717, 1.165) is 5.56 Å². The van der Waals surface area contributed by atoms with Gasteiger partial charge in [-0.25, -0.2) is 4.79 Å². The number of oxazole rings is 1. The van der Waals surface area contributed by atoms with E-state index in [1.165, 1.54) is 4.90 Å². The lowest BCUT2D eigenvalue weighted by Gasteiger charge is -2.15. The Bertz CT molecular complexity index is 602. The molecule has 0 aliphatic rings. The maximum atomic E-state index is 11.3. The Morgan fingerprint density at radius 1 is 1.53 bits per heavy atom. The van der Waals surface area contributed by atoms with Crippen molar-refractivity contribution in [1.29, 1.82) is 0 Å². The van der Waals surface area contributed by atoms with Gasteiger partial charge in [0.05, 0.1) is 5.52 Å². The van der Waals surface area contributed by atoms with Crippen LogP contribution in [-0.2, 0) is 11.3 Å². The largest absolute Gasteiger partial charge is 0.417 e. The number of nitrogens with one attached hydrogen (secondary N) is 1. The van der Waals surface area contributed by atoms with Crippen LogP contribution in [0.1, 0.15) is 5.56 Å². The van der Waals surface area contributed by atoms with Gasteiger partial charge >= 0.3 is 5.76 Å². The number of aromatic amines is 1. The minimum Gasteiger partial charge on any atom is -0.408 e. The predicted octanol–water partition coefficient (Wildman–Crippen LogP) is 1.32. The molecule has 1 N–H and O–H groups in total. The van der Waals surface area contributed by atoms with Crippen molar-refractivity contribution in [3.8, 4) is 0 Å². The number of amides is 1. The van der Waals surface area contributed by atoms with Gasteiger partial charge in [-0.15, -0.1) is 11.6 Å². The number of carbonyl (C=O) groups excluding carboxylic acids is 1. The Labute approximate surface area is 102 Å². The van der Waals surface area contributed by atoms with E-state index < -0.39 is 5.76 Å². The van der Waals surface area contributed by atoms with Gasteiger partial charge in [-0.2, -0.15) is 0 Å². The Balaban J connectivity index is 2.24. The van der Waals surface area contributed by atoms with Gasteiger partial charge in [0.1, 0.15) is 5.88 Å². The first-order valence-corrected chi connectivity index (χ1v) is 5.55. The molecule has 1 aromatic carbocycles. The van der Waals surface area contributed by atoms with E-state index in [-0.39, 0.29) is 11.8 Å². The van der Waals surface area contributed by atoms with E-state index in [9.17, 15) is 9.59 Å². The number of alkyl halides is 1. The minimum absolute atomic E-state index is 0.0437. The fraction of sp³-hybridized carbons (Fsp3) is 0.273. The molecule has 90 valence electrons. The van der Waals surface area contributed by atoms with Gasteiger partial charge in [0.2, 0.25) is 5.91 Å². The van der Waals surface area contributed by atoms with Crippen LogP contribution in [0.4, 0.5) is 0 Å². The summed E-state index contributed by atoms with van der Waals surface area (Å²) in [5.74, 6) is -0.678. The number of halogens is 1. The van der Waals surface area contributed by atoms with Crippen LogP contribution in [0.15, 0.2) is 27.4 Å². The van der Waals surface area contributed by atoms with Crippen LogP contribution in [0.5, 0.6) is 0 Å². The number of carbonyl (C=O) groups is 1. The molecular formula is C11H11ClN2O3. The van der Waals surface area contributed by atoms with Crippen molar-refractivity contribution < 1.29 is 9.21 Å². The zero-order chi connectivity index (χ0) is 12.4. The van der Waals surface area contributed by atoms with Crippen molar-refractivity contribution >= 4 is 28.6 Å². The first-order valence-electron chi connectivity index (χ1n) is 5.02. The molecule has 1 heterocycles. The third-order valence-electron chi connectivity index (χ3n) is 2.45. The molecule has 0 spiro atoms. The Morgan fingerprint density at radius 2 is 2.29 bits per heavy atom. The van der Waals surface area contributed by atoms with Crippen LogP contribution in [0.2, 0.25) is 0 Å². The van der Waals surface area contributed by atoms with Crippen molar-refractivity contribution in [2.45, 2.75) is 6.54 Å². The van der Waals surface area contributed by atoms with E-state index in [0.29, 0.717) is 17.6 Å². The van der Waals surface area contributed by atoms with E-state index in [2.05, 4.69) is 4.98 Å². The Kier molecular flexibility index (Phi) is 3.19. The molecule has 0 bridgehead atoms. The fourth-order valence-electron chi connectivity index (χ4n) is 1.55. The molecule has 1 amide bonds. The van der Waals surface area contributed by atoms with Crippen LogP contribution >= 0.6 is 11.6 Å². The van der Waals surface area contributed by atoms with E-state index in [4.69, 9.17) is 16.0 Å². The second-order valence-electron chi connectivity index (χ2n) is 3.73. The first kappa shape index (κ1) is 11.7. The smallest absolute Gasteiger partial charge is 0.408 e. The highest BCUT2D eigenvalue weighted by Gasteiger charge is 2.09. The molecule has 0 saturated heterocycles. The minimum atomic E-state index is -0.484. The second-order valence-corrected chi connectivity index (χ2v) is 4.00. The monoisotopic (exact) mass is 254 g/mol. The Hall–Kier alpha value is -1.75. The molecular weight excluding hydrogens is 244 g/mol. The maximum Gasteiger partial charge on any atom is 0.417 e. The standard InChI is InChI=1S/C11H11ClN2O3/c1-14(10(15)5-12)6-7-2-3-8-9(4-7)17-11(16)13-8/h2-4H,5-6H2,1H3,(H,13,16). The SMILES string of the molecule is CN(Cc1ccc2[nH]c(=O)oc2c1)C(=O)CCl. The summed E-state index contributed by atoms with van der Waals surface area (Å²) >= 11 is 5.46. The summed E-state index contributed by atoms with van der Waals surface area (Å²) in [7, 11) is 1.67. The van der Waals surface area contributed by atoms with E-state index in [1.807, 2.05) is 6.07 Å². The highest BCUT2D eigenvalue weighted by atomic mass is 35.5. The van der Waals surface area contributed by atoms with Gasteiger partial charge in [-0.1, -0.05) is 6.07 Å². The third kappa shape index (κ3) is 2.50. The first-order chi connectivity index (χ1) is 8.10. The summed E-state index contributed by atoms with van der Waals surface area (Å²) < 4.78 is 4.94. The summed E-state index contributed by atoms with van der Waals surface area (Å²) in [6, 6.07) is 5.30. The van der Waals surface area contributed by atoms with Gasteiger partial charge in [0, 0.05) is 13.6 Å². The molecule has 0 saturated carbocycles. The van der Waals surface area contributed by atoms with Gasteiger partial charge in [-0.3, -0.25) is 9.78 Å². The zero-order valence-electron chi connectivity index (χ0n) is 9.20. The van der Waals surface area contributed by atoms with Crippen LogP contribution in [-0.4, -0.2) is 28.7 Å². The number of rotatable bonds is 3. The van der Waals surface area contributed by atoms with Crippen molar-refractivity contribution in [2.75, 3.05) is 12.9 Å². The summed E-state index contributed by atoms with van der Waals surface area (Å²) in [6.07, 6.45) is 0. The lowest BCUT2D eigenvalue weighted by molar-refractivity contribution is -0.127. The molecule has 0 aliphatic heterocycles. The molecule has 2 rings (SSSR count). The number of aromatic nitrogens is 1. The molecule has 6 heteroatoms. The third-order valence-corrected chi connectivity index (χ3v) is 2.67. The molecule has 0 radical (unpaired) electrons.